The fourth-order valence-electron chi connectivity index (χ4n) is 3.64. The van der Waals surface area contributed by atoms with Crippen LogP contribution in [0.3, 0.4) is 0 Å². The van der Waals surface area contributed by atoms with Crippen LogP contribution in [0.2, 0.25) is 0 Å². The number of esters is 1. The van der Waals surface area contributed by atoms with E-state index >= 15 is 0 Å². The van der Waals surface area contributed by atoms with Crippen LogP contribution in [0.4, 0.5) is 0 Å². The summed E-state index contributed by atoms with van der Waals surface area (Å²) in [5, 5.41) is 0. The number of amides is 1. The molecule has 0 aliphatic heterocycles. The van der Waals surface area contributed by atoms with Gasteiger partial charge in [-0.25, -0.2) is 0 Å². The maximum atomic E-state index is 12.7. The van der Waals surface area contributed by atoms with E-state index in [2.05, 4.69) is 4.74 Å². The Labute approximate surface area is 120 Å². The third kappa shape index (κ3) is 3.51. The Bertz CT molecular complexity index is 358. The second-order valence-corrected chi connectivity index (χ2v) is 5.93. The summed E-state index contributed by atoms with van der Waals surface area (Å²) in [6.45, 7) is 1.50. The van der Waals surface area contributed by atoms with Gasteiger partial charge >= 0.3 is 5.97 Å². The van der Waals surface area contributed by atoms with Gasteiger partial charge in [-0.1, -0.05) is 6.42 Å². The molecule has 0 aromatic heterocycles. The van der Waals surface area contributed by atoms with Crippen molar-refractivity contribution < 1.29 is 19.1 Å². The van der Waals surface area contributed by atoms with Crippen LogP contribution in [-0.2, 0) is 19.1 Å². The zero-order chi connectivity index (χ0) is 14.5. The van der Waals surface area contributed by atoms with Crippen LogP contribution in [0, 0.1) is 17.8 Å². The van der Waals surface area contributed by atoms with Crippen molar-refractivity contribution >= 4 is 11.9 Å². The fourth-order valence-corrected chi connectivity index (χ4v) is 3.64. The van der Waals surface area contributed by atoms with Gasteiger partial charge < -0.3 is 14.4 Å². The van der Waals surface area contributed by atoms with E-state index in [4.69, 9.17) is 4.74 Å². The molecule has 5 nitrogen and oxygen atoms in total. The molecule has 2 saturated carbocycles. The maximum absolute atomic E-state index is 12.7. The summed E-state index contributed by atoms with van der Waals surface area (Å²) in [6, 6.07) is 0. The van der Waals surface area contributed by atoms with Crippen molar-refractivity contribution in [2.75, 3.05) is 33.9 Å². The Morgan fingerprint density at radius 3 is 2.50 bits per heavy atom. The zero-order valence-corrected chi connectivity index (χ0v) is 12.5. The Hall–Kier alpha value is -1.10. The molecule has 2 aliphatic carbocycles. The van der Waals surface area contributed by atoms with E-state index in [-0.39, 0.29) is 24.2 Å². The molecule has 2 rings (SSSR count). The lowest BCUT2D eigenvalue weighted by Gasteiger charge is -2.29. The largest absolute Gasteiger partial charge is 0.469 e. The second kappa shape index (κ2) is 7.07. The van der Waals surface area contributed by atoms with Crippen molar-refractivity contribution in [2.24, 2.45) is 17.8 Å². The minimum absolute atomic E-state index is 0.170. The van der Waals surface area contributed by atoms with Crippen LogP contribution in [0.25, 0.3) is 0 Å². The van der Waals surface area contributed by atoms with Crippen molar-refractivity contribution in [3.05, 3.63) is 0 Å². The van der Waals surface area contributed by atoms with Gasteiger partial charge in [-0.3, -0.25) is 9.59 Å². The third-order valence-electron chi connectivity index (χ3n) is 4.75. The molecule has 20 heavy (non-hydrogen) atoms. The van der Waals surface area contributed by atoms with Crippen molar-refractivity contribution in [3.8, 4) is 0 Å². The third-order valence-corrected chi connectivity index (χ3v) is 4.75. The lowest BCUT2D eigenvalue weighted by Crippen LogP contribution is -2.41. The molecule has 0 N–H and O–H groups in total. The van der Waals surface area contributed by atoms with Gasteiger partial charge in [-0.05, 0) is 31.1 Å². The molecule has 0 radical (unpaired) electrons. The van der Waals surface area contributed by atoms with E-state index in [0.29, 0.717) is 25.6 Å². The average molecular weight is 283 g/mol. The lowest BCUT2D eigenvalue weighted by molar-refractivity contribution is -0.143. The van der Waals surface area contributed by atoms with Crippen molar-refractivity contribution in [2.45, 2.75) is 32.1 Å². The molecular weight excluding hydrogens is 258 g/mol. The highest BCUT2D eigenvalue weighted by Crippen LogP contribution is 2.48. The van der Waals surface area contributed by atoms with Crippen molar-refractivity contribution in [1.82, 2.24) is 4.90 Å². The molecule has 1 amide bonds. The fraction of sp³-hybridized carbons (Fsp3) is 0.867. The molecule has 3 atom stereocenters. The van der Waals surface area contributed by atoms with Crippen LogP contribution in [0.15, 0.2) is 0 Å². The number of methoxy groups -OCH3 is 2. The van der Waals surface area contributed by atoms with E-state index in [1.807, 2.05) is 0 Å². The second-order valence-electron chi connectivity index (χ2n) is 5.93. The summed E-state index contributed by atoms with van der Waals surface area (Å²) in [5.74, 6) is 1.42. The number of carbonyl (C=O) groups excluding carboxylic acids is 2. The number of nitrogens with zero attached hydrogens (tertiary/aromatic N) is 1. The first kappa shape index (κ1) is 15.3. The summed E-state index contributed by atoms with van der Waals surface area (Å²) in [5.41, 5.74) is 0. The summed E-state index contributed by atoms with van der Waals surface area (Å²) in [7, 11) is 3.00. The average Bonchev–Trinajstić information content (AvgIpc) is 3.09. The molecule has 0 aromatic rings. The van der Waals surface area contributed by atoms with E-state index in [1.54, 1.807) is 12.0 Å². The zero-order valence-electron chi connectivity index (χ0n) is 12.5. The molecular formula is C15H25NO4. The van der Waals surface area contributed by atoms with Gasteiger partial charge in [0.1, 0.15) is 0 Å². The van der Waals surface area contributed by atoms with E-state index in [0.717, 1.165) is 12.3 Å². The molecule has 2 bridgehead atoms. The van der Waals surface area contributed by atoms with Gasteiger partial charge in [-0.15, -0.1) is 0 Å². The van der Waals surface area contributed by atoms with Gasteiger partial charge in [0.05, 0.1) is 20.1 Å². The number of hydrogen-bond donors (Lipinski definition) is 0. The first-order valence-electron chi connectivity index (χ1n) is 7.50. The topological polar surface area (TPSA) is 55.8 Å². The van der Waals surface area contributed by atoms with Crippen molar-refractivity contribution in [3.63, 3.8) is 0 Å². The van der Waals surface area contributed by atoms with Crippen molar-refractivity contribution in [1.29, 1.82) is 0 Å². The van der Waals surface area contributed by atoms with Crippen LogP contribution >= 0.6 is 0 Å². The molecule has 2 fully saturated rings. The maximum Gasteiger partial charge on any atom is 0.307 e. The lowest BCUT2D eigenvalue weighted by atomic mass is 9.87. The number of fused-ring (bicyclic) bond motifs is 2. The highest BCUT2D eigenvalue weighted by molar-refractivity contribution is 5.80. The first-order chi connectivity index (χ1) is 9.65. The SMILES string of the molecule is COCCN(CCC(=O)OC)C(=O)C1CC2CCC1C2. The highest BCUT2D eigenvalue weighted by Gasteiger charge is 2.44. The molecule has 2 aliphatic rings. The molecule has 5 heteroatoms. The van der Waals surface area contributed by atoms with Crippen LogP contribution in [0.5, 0.6) is 0 Å². The highest BCUT2D eigenvalue weighted by atomic mass is 16.5. The number of ether oxygens (including phenoxy) is 2. The Morgan fingerprint density at radius 2 is 1.95 bits per heavy atom. The predicted octanol–water partition coefficient (Wildman–Crippen LogP) is 1.46. The van der Waals surface area contributed by atoms with Gasteiger partial charge in [-0.2, -0.15) is 0 Å². The Morgan fingerprint density at radius 1 is 1.15 bits per heavy atom. The minimum Gasteiger partial charge on any atom is -0.469 e. The van der Waals surface area contributed by atoms with Gasteiger partial charge in [0, 0.05) is 26.1 Å². The molecule has 0 saturated heterocycles. The Kier molecular flexibility index (Phi) is 5.40. The van der Waals surface area contributed by atoms with Crippen LogP contribution < -0.4 is 0 Å². The smallest absolute Gasteiger partial charge is 0.307 e. The van der Waals surface area contributed by atoms with Crippen LogP contribution in [-0.4, -0.2) is 50.7 Å². The van der Waals surface area contributed by atoms with E-state index in [1.165, 1.54) is 26.4 Å². The molecule has 0 aromatic carbocycles. The molecule has 0 heterocycles. The molecule has 3 unspecified atom stereocenters. The monoisotopic (exact) mass is 283 g/mol. The van der Waals surface area contributed by atoms with Gasteiger partial charge in [0.15, 0.2) is 0 Å². The Balaban J connectivity index is 1.90. The summed E-state index contributed by atoms with van der Waals surface area (Å²) < 4.78 is 9.72. The standard InChI is InChI=1S/C15H25NO4/c1-19-8-7-16(6-5-14(17)20-2)15(18)13-10-11-3-4-12(13)9-11/h11-13H,3-10H2,1-2H3. The minimum atomic E-state index is -0.270. The number of carbonyl (C=O) groups is 2. The summed E-state index contributed by atoms with van der Waals surface area (Å²) in [6.07, 6.45) is 4.98. The molecule has 0 spiro atoms. The first-order valence-corrected chi connectivity index (χ1v) is 7.50. The summed E-state index contributed by atoms with van der Waals surface area (Å²) >= 11 is 0. The van der Waals surface area contributed by atoms with E-state index < -0.39 is 0 Å². The number of hydrogen-bond acceptors (Lipinski definition) is 4. The van der Waals surface area contributed by atoms with Gasteiger partial charge in [0.2, 0.25) is 5.91 Å². The number of rotatable bonds is 7. The van der Waals surface area contributed by atoms with E-state index in [9.17, 15) is 9.59 Å². The van der Waals surface area contributed by atoms with Crippen LogP contribution in [0.1, 0.15) is 32.1 Å². The molecule has 114 valence electrons. The van der Waals surface area contributed by atoms with Gasteiger partial charge in [0.25, 0.3) is 0 Å². The quantitative estimate of drug-likeness (QED) is 0.664. The summed E-state index contributed by atoms with van der Waals surface area (Å²) in [4.78, 5) is 25.7. The normalized spacial score (nSPS) is 27.6. The predicted molar refractivity (Wildman–Crippen MR) is 74.0 cm³/mol.